The molecule has 2 heterocycles. The van der Waals surface area contributed by atoms with Crippen molar-refractivity contribution in [2.45, 2.75) is 6.92 Å². The van der Waals surface area contributed by atoms with Gasteiger partial charge < -0.3 is 9.64 Å². The van der Waals surface area contributed by atoms with Crippen LogP contribution >= 0.6 is 0 Å². The lowest BCUT2D eigenvalue weighted by atomic mass is 9.96. The summed E-state index contributed by atoms with van der Waals surface area (Å²) in [5.74, 6) is 0.466. The molecule has 2 aliphatic heterocycles. The van der Waals surface area contributed by atoms with E-state index in [1.807, 2.05) is 6.92 Å². The van der Waals surface area contributed by atoms with E-state index in [4.69, 9.17) is 4.74 Å². The Bertz CT molecular complexity index is 225. The van der Waals surface area contributed by atoms with E-state index < -0.39 is 0 Å². The van der Waals surface area contributed by atoms with Crippen LogP contribution in [0.1, 0.15) is 6.92 Å². The van der Waals surface area contributed by atoms with Crippen LogP contribution in [-0.2, 0) is 9.53 Å². The number of fused-ring (bicyclic) bond motifs is 2. The van der Waals surface area contributed by atoms with E-state index >= 15 is 0 Å². The molecule has 0 amide bonds. The Morgan fingerprint density at radius 2 is 2.50 bits per heavy atom. The van der Waals surface area contributed by atoms with Gasteiger partial charge in [-0.15, -0.1) is 0 Å². The number of nitrogens with zero attached hydrogens (tertiary/aromatic N) is 1. The van der Waals surface area contributed by atoms with Crippen molar-refractivity contribution < 1.29 is 9.53 Å². The third kappa shape index (κ3) is 1.09. The van der Waals surface area contributed by atoms with Gasteiger partial charge in [-0.05, 0) is 13.1 Å². The second-order valence-corrected chi connectivity index (χ2v) is 3.32. The van der Waals surface area contributed by atoms with Crippen LogP contribution in [0.15, 0.2) is 12.3 Å². The molecule has 0 spiro atoms. The molecule has 3 nitrogen and oxygen atoms in total. The van der Waals surface area contributed by atoms with Crippen LogP contribution in [0.2, 0.25) is 0 Å². The Morgan fingerprint density at radius 1 is 1.67 bits per heavy atom. The van der Waals surface area contributed by atoms with Gasteiger partial charge in [-0.3, -0.25) is 4.79 Å². The summed E-state index contributed by atoms with van der Waals surface area (Å²) in [7, 11) is 0. The quantitative estimate of drug-likeness (QED) is 0.565. The SMILES string of the molecule is CCOC(=O)C1CN2C=CC1C2. The summed E-state index contributed by atoms with van der Waals surface area (Å²) in [6.45, 7) is 4.19. The third-order valence-electron chi connectivity index (χ3n) is 2.53. The summed E-state index contributed by atoms with van der Waals surface area (Å²) < 4.78 is 4.98. The van der Waals surface area contributed by atoms with Crippen molar-refractivity contribution in [3.63, 3.8) is 0 Å². The van der Waals surface area contributed by atoms with Crippen LogP contribution in [0.5, 0.6) is 0 Å². The molecule has 1 saturated heterocycles. The summed E-state index contributed by atoms with van der Waals surface area (Å²) in [6, 6.07) is 0. The Labute approximate surface area is 72.0 Å². The van der Waals surface area contributed by atoms with Crippen molar-refractivity contribution in [3.8, 4) is 0 Å². The molecular formula is C9H13NO2. The largest absolute Gasteiger partial charge is 0.466 e. The minimum atomic E-state index is -0.0330. The molecule has 12 heavy (non-hydrogen) atoms. The van der Waals surface area contributed by atoms with Gasteiger partial charge in [0.05, 0.1) is 12.5 Å². The highest BCUT2D eigenvalue weighted by Gasteiger charge is 2.39. The molecule has 0 aromatic carbocycles. The summed E-state index contributed by atoms with van der Waals surface area (Å²) in [6.07, 6.45) is 4.17. The lowest BCUT2D eigenvalue weighted by Crippen LogP contribution is -2.26. The molecule has 0 radical (unpaired) electrons. The Morgan fingerprint density at radius 3 is 3.00 bits per heavy atom. The first-order chi connectivity index (χ1) is 5.81. The highest BCUT2D eigenvalue weighted by molar-refractivity contribution is 5.74. The van der Waals surface area contributed by atoms with Crippen molar-refractivity contribution >= 4 is 5.97 Å². The van der Waals surface area contributed by atoms with E-state index in [0.29, 0.717) is 12.5 Å². The fourth-order valence-electron chi connectivity index (χ4n) is 1.91. The molecule has 1 fully saturated rings. The van der Waals surface area contributed by atoms with E-state index in [2.05, 4.69) is 17.2 Å². The van der Waals surface area contributed by atoms with Crippen molar-refractivity contribution in [2.75, 3.05) is 19.7 Å². The first-order valence-electron chi connectivity index (χ1n) is 4.40. The summed E-state index contributed by atoms with van der Waals surface area (Å²) in [4.78, 5) is 13.5. The van der Waals surface area contributed by atoms with Gasteiger partial charge in [0, 0.05) is 19.0 Å². The predicted molar refractivity (Wildman–Crippen MR) is 44.3 cm³/mol. The van der Waals surface area contributed by atoms with Gasteiger partial charge in [0.2, 0.25) is 0 Å². The molecule has 0 N–H and O–H groups in total. The van der Waals surface area contributed by atoms with Gasteiger partial charge in [-0.2, -0.15) is 0 Å². The van der Waals surface area contributed by atoms with Crippen LogP contribution in [0.25, 0.3) is 0 Å². The van der Waals surface area contributed by atoms with E-state index in [9.17, 15) is 4.79 Å². The number of carbonyl (C=O) groups excluding carboxylic acids is 1. The number of esters is 1. The molecule has 2 atom stereocenters. The van der Waals surface area contributed by atoms with Gasteiger partial charge in [0.15, 0.2) is 0 Å². The predicted octanol–water partition coefficient (Wildman–Crippen LogP) is 0.625. The maximum Gasteiger partial charge on any atom is 0.311 e. The topological polar surface area (TPSA) is 29.5 Å². The van der Waals surface area contributed by atoms with Crippen LogP contribution in [0, 0.1) is 11.8 Å². The molecule has 0 aliphatic carbocycles. The normalized spacial score (nSPS) is 31.2. The van der Waals surface area contributed by atoms with Gasteiger partial charge in [-0.25, -0.2) is 0 Å². The summed E-state index contributed by atoms with van der Waals surface area (Å²) in [5, 5.41) is 0. The number of carbonyl (C=O) groups is 1. The second kappa shape index (κ2) is 2.81. The first kappa shape index (κ1) is 7.65. The van der Waals surface area contributed by atoms with Gasteiger partial charge in [-0.1, -0.05) is 6.08 Å². The molecule has 2 unspecified atom stereocenters. The maximum atomic E-state index is 11.4. The average Bonchev–Trinajstić information content (AvgIpc) is 2.64. The molecule has 0 aromatic rings. The van der Waals surface area contributed by atoms with Gasteiger partial charge >= 0.3 is 5.97 Å². The Kier molecular flexibility index (Phi) is 1.79. The van der Waals surface area contributed by atoms with Gasteiger partial charge in [0.25, 0.3) is 0 Å². The lowest BCUT2D eigenvalue weighted by Gasteiger charge is -2.16. The Balaban J connectivity index is 1.98. The van der Waals surface area contributed by atoms with Crippen LogP contribution in [0.4, 0.5) is 0 Å². The highest BCUT2D eigenvalue weighted by Crippen LogP contribution is 2.30. The molecule has 0 aromatic heterocycles. The molecular weight excluding hydrogens is 154 g/mol. The fraction of sp³-hybridized carbons (Fsp3) is 0.667. The summed E-state index contributed by atoms with van der Waals surface area (Å²) in [5.41, 5.74) is 0. The zero-order valence-electron chi connectivity index (χ0n) is 7.19. The average molecular weight is 167 g/mol. The van der Waals surface area contributed by atoms with Crippen LogP contribution in [-0.4, -0.2) is 30.6 Å². The molecule has 2 aliphatic rings. The number of hydrogen-bond acceptors (Lipinski definition) is 3. The minimum Gasteiger partial charge on any atom is -0.466 e. The van der Waals surface area contributed by atoms with Crippen molar-refractivity contribution in [1.29, 1.82) is 0 Å². The Hall–Kier alpha value is -0.990. The molecule has 2 bridgehead atoms. The summed E-state index contributed by atoms with van der Waals surface area (Å²) >= 11 is 0. The van der Waals surface area contributed by atoms with Crippen molar-refractivity contribution in [2.24, 2.45) is 11.8 Å². The maximum absolute atomic E-state index is 11.4. The van der Waals surface area contributed by atoms with Crippen molar-refractivity contribution in [1.82, 2.24) is 4.90 Å². The fourth-order valence-corrected chi connectivity index (χ4v) is 1.91. The first-order valence-corrected chi connectivity index (χ1v) is 4.40. The lowest BCUT2D eigenvalue weighted by molar-refractivity contribution is -0.148. The third-order valence-corrected chi connectivity index (χ3v) is 2.53. The second-order valence-electron chi connectivity index (χ2n) is 3.32. The van der Waals surface area contributed by atoms with E-state index in [0.717, 1.165) is 13.1 Å². The molecule has 66 valence electrons. The number of ether oxygens (including phenoxy) is 1. The molecule has 3 heteroatoms. The smallest absolute Gasteiger partial charge is 0.311 e. The zero-order valence-corrected chi connectivity index (χ0v) is 7.19. The zero-order chi connectivity index (χ0) is 8.55. The van der Waals surface area contributed by atoms with E-state index in [1.54, 1.807) is 0 Å². The molecule has 0 saturated carbocycles. The van der Waals surface area contributed by atoms with Gasteiger partial charge in [0.1, 0.15) is 0 Å². The number of hydrogen-bond donors (Lipinski definition) is 0. The van der Waals surface area contributed by atoms with E-state index in [1.165, 1.54) is 0 Å². The minimum absolute atomic E-state index is 0.0330. The van der Waals surface area contributed by atoms with E-state index in [-0.39, 0.29) is 11.9 Å². The monoisotopic (exact) mass is 167 g/mol. The number of rotatable bonds is 2. The molecule has 2 rings (SSSR count). The highest BCUT2D eigenvalue weighted by atomic mass is 16.5. The van der Waals surface area contributed by atoms with Crippen LogP contribution in [0.3, 0.4) is 0 Å². The standard InChI is InChI=1S/C9H13NO2/c1-2-12-9(11)8-6-10-4-3-7(8)5-10/h3-4,7-8H,2,5-6H2,1H3. The van der Waals surface area contributed by atoms with Crippen molar-refractivity contribution in [3.05, 3.63) is 12.3 Å². The van der Waals surface area contributed by atoms with Crippen LogP contribution < -0.4 is 0 Å².